The van der Waals surface area contributed by atoms with Crippen molar-refractivity contribution in [3.05, 3.63) is 108 Å². The van der Waals surface area contributed by atoms with Crippen LogP contribution in [-0.2, 0) is 18.0 Å². The topological polar surface area (TPSA) is 48.4 Å². The third-order valence-corrected chi connectivity index (χ3v) is 4.37. The van der Waals surface area contributed by atoms with Gasteiger partial charge in [0.05, 0.1) is 11.3 Å². The number of benzene rings is 3. The first-order chi connectivity index (χ1) is 13.8. The zero-order chi connectivity index (χ0) is 19.2. The van der Waals surface area contributed by atoms with Crippen molar-refractivity contribution in [2.24, 2.45) is 0 Å². The molecule has 0 saturated heterocycles. The molecule has 138 valence electrons. The Balaban J connectivity index is 1.39. The van der Waals surface area contributed by atoms with Gasteiger partial charge < -0.3 is 9.47 Å². The summed E-state index contributed by atoms with van der Waals surface area (Å²) in [6, 6.07) is 26.9. The Labute approximate surface area is 163 Å². The van der Waals surface area contributed by atoms with Crippen molar-refractivity contribution in [2.75, 3.05) is 0 Å². The van der Waals surface area contributed by atoms with Crippen LogP contribution in [0.25, 0.3) is 10.8 Å². The summed E-state index contributed by atoms with van der Waals surface area (Å²) in [5.74, 6) is 0.417. The van der Waals surface area contributed by atoms with Crippen LogP contribution in [0.15, 0.2) is 91.1 Å². The molecule has 0 atom stereocenters. The number of rotatable bonds is 6. The molecule has 3 aromatic carbocycles. The highest BCUT2D eigenvalue weighted by Gasteiger charge is 2.09. The zero-order valence-electron chi connectivity index (χ0n) is 15.2. The summed E-state index contributed by atoms with van der Waals surface area (Å²) < 4.78 is 11.2. The minimum absolute atomic E-state index is 0.150. The predicted molar refractivity (Wildman–Crippen MR) is 108 cm³/mol. The molecule has 4 heteroatoms. The number of aromatic nitrogens is 1. The van der Waals surface area contributed by atoms with Gasteiger partial charge in [-0.2, -0.15) is 0 Å². The van der Waals surface area contributed by atoms with Crippen LogP contribution >= 0.6 is 0 Å². The van der Waals surface area contributed by atoms with Crippen LogP contribution in [0.2, 0.25) is 0 Å². The van der Waals surface area contributed by atoms with Crippen molar-refractivity contribution in [1.29, 1.82) is 0 Å². The largest absolute Gasteiger partial charge is 0.489 e. The Bertz CT molecular complexity index is 1090. The molecule has 4 nitrogen and oxygen atoms in total. The second-order valence-corrected chi connectivity index (χ2v) is 6.40. The number of hydrogen-bond acceptors (Lipinski definition) is 4. The van der Waals surface area contributed by atoms with Gasteiger partial charge in [-0.05, 0) is 52.7 Å². The Morgan fingerprint density at radius 2 is 1.64 bits per heavy atom. The van der Waals surface area contributed by atoms with E-state index in [0.29, 0.717) is 17.9 Å². The summed E-state index contributed by atoms with van der Waals surface area (Å²) in [5, 5.41) is 2.30. The number of carbonyl (C=O) groups excluding carboxylic acids is 1. The van der Waals surface area contributed by atoms with Crippen LogP contribution in [0, 0.1) is 0 Å². The van der Waals surface area contributed by atoms with Crippen LogP contribution in [0.5, 0.6) is 5.75 Å². The maximum Gasteiger partial charge on any atom is 0.338 e. The lowest BCUT2D eigenvalue weighted by Gasteiger charge is -2.09. The van der Waals surface area contributed by atoms with Crippen molar-refractivity contribution < 1.29 is 14.3 Å². The molecule has 0 aliphatic rings. The van der Waals surface area contributed by atoms with Gasteiger partial charge in [-0.25, -0.2) is 4.79 Å². The third kappa shape index (κ3) is 4.35. The molecule has 0 radical (unpaired) electrons. The Kier molecular flexibility index (Phi) is 5.29. The molecule has 0 saturated carbocycles. The highest BCUT2D eigenvalue weighted by molar-refractivity contribution is 5.89. The van der Waals surface area contributed by atoms with E-state index in [1.54, 1.807) is 18.3 Å². The monoisotopic (exact) mass is 369 g/mol. The molecule has 0 spiro atoms. The van der Waals surface area contributed by atoms with Gasteiger partial charge in [0, 0.05) is 6.20 Å². The number of fused-ring (bicyclic) bond motifs is 1. The zero-order valence-corrected chi connectivity index (χ0v) is 15.2. The van der Waals surface area contributed by atoms with Crippen molar-refractivity contribution in [3.8, 4) is 5.75 Å². The average Bonchev–Trinajstić information content (AvgIpc) is 2.77. The number of esters is 1. The van der Waals surface area contributed by atoms with Gasteiger partial charge in [0.25, 0.3) is 0 Å². The first kappa shape index (κ1) is 17.7. The van der Waals surface area contributed by atoms with Crippen LogP contribution in [0.1, 0.15) is 21.6 Å². The van der Waals surface area contributed by atoms with Gasteiger partial charge in [0.15, 0.2) is 0 Å². The first-order valence-electron chi connectivity index (χ1n) is 9.05. The van der Waals surface area contributed by atoms with E-state index in [1.165, 1.54) is 5.39 Å². The van der Waals surface area contributed by atoms with E-state index >= 15 is 0 Å². The highest BCUT2D eigenvalue weighted by Crippen LogP contribution is 2.21. The molecule has 1 aromatic heterocycles. The number of pyridine rings is 1. The van der Waals surface area contributed by atoms with Crippen LogP contribution in [-0.4, -0.2) is 11.0 Å². The quantitative estimate of drug-likeness (QED) is 0.440. The van der Waals surface area contributed by atoms with Crippen LogP contribution < -0.4 is 4.74 Å². The summed E-state index contributed by atoms with van der Waals surface area (Å²) in [6.45, 7) is 0.525. The van der Waals surface area contributed by atoms with Crippen molar-refractivity contribution in [1.82, 2.24) is 4.98 Å². The number of carbonyl (C=O) groups is 1. The lowest BCUT2D eigenvalue weighted by atomic mass is 10.1. The summed E-state index contributed by atoms with van der Waals surface area (Å²) >= 11 is 0. The van der Waals surface area contributed by atoms with E-state index in [4.69, 9.17) is 9.47 Å². The molecular formula is C24H19NO3. The summed E-state index contributed by atoms with van der Waals surface area (Å²) in [7, 11) is 0. The van der Waals surface area contributed by atoms with Gasteiger partial charge in [-0.15, -0.1) is 0 Å². The van der Waals surface area contributed by atoms with E-state index < -0.39 is 0 Å². The fraction of sp³-hybridized carbons (Fsp3) is 0.0833. The number of nitrogens with zero attached hydrogens (tertiary/aromatic N) is 1. The maximum atomic E-state index is 12.3. The average molecular weight is 369 g/mol. The maximum absolute atomic E-state index is 12.3. The van der Waals surface area contributed by atoms with Crippen LogP contribution in [0.3, 0.4) is 0 Å². The SMILES string of the molecule is O=C(OCc1ccccn1)c1cccc(COc2ccc3ccccc3c2)c1. The van der Waals surface area contributed by atoms with E-state index in [-0.39, 0.29) is 12.6 Å². The van der Waals surface area contributed by atoms with Crippen molar-refractivity contribution in [2.45, 2.75) is 13.2 Å². The molecule has 4 rings (SSSR count). The molecule has 0 aliphatic carbocycles. The number of hydrogen-bond donors (Lipinski definition) is 0. The Hall–Kier alpha value is -3.66. The fourth-order valence-corrected chi connectivity index (χ4v) is 2.92. The molecule has 4 aromatic rings. The van der Waals surface area contributed by atoms with Gasteiger partial charge in [-0.1, -0.05) is 48.5 Å². The third-order valence-electron chi connectivity index (χ3n) is 4.37. The Morgan fingerprint density at radius 3 is 2.50 bits per heavy atom. The van der Waals surface area contributed by atoms with Gasteiger partial charge in [0.2, 0.25) is 0 Å². The van der Waals surface area contributed by atoms with E-state index in [2.05, 4.69) is 17.1 Å². The second-order valence-electron chi connectivity index (χ2n) is 6.40. The van der Waals surface area contributed by atoms with Crippen molar-refractivity contribution >= 4 is 16.7 Å². The molecule has 0 bridgehead atoms. The molecule has 0 N–H and O–H groups in total. The summed E-state index contributed by atoms with van der Waals surface area (Å²) in [5.41, 5.74) is 2.11. The molecule has 1 heterocycles. The molecule has 0 unspecified atom stereocenters. The van der Waals surface area contributed by atoms with Gasteiger partial charge in [0.1, 0.15) is 19.0 Å². The summed E-state index contributed by atoms with van der Waals surface area (Å²) in [6.07, 6.45) is 1.67. The number of ether oxygens (including phenoxy) is 2. The van der Waals surface area contributed by atoms with Gasteiger partial charge >= 0.3 is 5.97 Å². The minimum Gasteiger partial charge on any atom is -0.489 e. The lowest BCUT2D eigenvalue weighted by molar-refractivity contribution is 0.0467. The molecule has 28 heavy (non-hydrogen) atoms. The predicted octanol–water partition coefficient (Wildman–Crippen LogP) is 5.17. The normalized spacial score (nSPS) is 10.6. The minimum atomic E-state index is -0.377. The van der Waals surface area contributed by atoms with Crippen LogP contribution in [0.4, 0.5) is 0 Å². The second kappa shape index (κ2) is 8.35. The molecular weight excluding hydrogens is 350 g/mol. The van der Waals surface area contributed by atoms with E-state index in [9.17, 15) is 4.79 Å². The van der Waals surface area contributed by atoms with E-state index in [0.717, 1.165) is 16.7 Å². The lowest BCUT2D eigenvalue weighted by Crippen LogP contribution is -2.07. The molecule has 0 aliphatic heterocycles. The van der Waals surface area contributed by atoms with Gasteiger partial charge in [-0.3, -0.25) is 4.98 Å². The van der Waals surface area contributed by atoms with Crippen molar-refractivity contribution in [3.63, 3.8) is 0 Å². The Morgan fingerprint density at radius 1 is 0.786 bits per heavy atom. The highest BCUT2D eigenvalue weighted by atomic mass is 16.5. The molecule has 0 fully saturated rings. The summed E-state index contributed by atoms with van der Waals surface area (Å²) in [4.78, 5) is 16.4. The van der Waals surface area contributed by atoms with E-state index in [1.807, 2.05) is 60.7 Å². The smallest absolute Gasteiger partial charge is 0.338 e. The first-order valence-corrected chi connectivity index (χ1v) is 9.05. The molecule has 0 amide bonds. The standard InChI is InChI=1S/C24H19NO3/c26-24(28-17-22-10-3-4-13-25-22)21-9-5-6-18(14-21)16-27-23-12-11-19-7-1-2-8-20(19)15-23/h1-15H,16-17H2. The fourth-order valence-electron chi connectivity index (χ4n) is 2.92.